The maximum atomic E-state index is 13.6. The van der Waals surface area contributed by atoms with Gasteiger partial charge in [0.25, 0.3) is 0 Å². The molecule has 0 heterocycles. The molecule has 0 aliphatic rings. The molecule has 1 rings (SSSR count). The lowest BCUT2D eigenvalue weighted by atomic mass is 9.87. The van der Waals surface area contributed by atoms with E-state index in [2.05, 4.69) is 15.9 Å². The van der Waals surface area contributed by atoms with Crippen molar-refractivity contribution in [1.29, 1.82) is 0 Å². The minimum Gasteiger partial charge on any atom is -0.303 e. The summed E-state index contributed by atoms with van der Waals surface area (Å²) in [6, 6.07) is 7.12. The van der Waals surface area contributed by atoms with Crippen LogP contribution >= 0.6 is 15.9 Å². The molecule has 1 nitrogen and oxygen atoms in total. The Morgan fingerprint density at radius 3 is 2.21 bits per heavy atom. The molecule has 1 atom stereocenters. The Bertz CT molecular complexity index is 313. The van der Waals surface area contributed by atoms with Gasteiger partial charge in [-0.15, -0.1) is 0 Å². The SMILES string of the molecule is CC(C)(F)C(C=O)c1ccc(Br)cc1. The highest BCUT2D eigenvalue weighted by Gasteiger charge is 2.29. The first-order chi connectivity index (χ1) is 6.45. The molecule has 0 fully saturated rings. The van der Waals surface area contributed by atoms with Gasteiger partial charge in [0, 0.05) is 4.47 Å². The number of carbonyl (C=O) groups is 1. The van der Waals surface area contributed by atoms with Crippen molar-refractivity contribution in [2.24, 2.45) is 0 Å². The largest absolute Gasteiger partial charge is 0.303 e. The molecule has 1 unspecified atom stereocenters. The first-order valence-electron chi connectivity index (χ1n) is 4.35. The van der Waals surface area contributed by atoms with Crippen LogP contribution in [0.1, 0.15) is 25.3 Å². The highest BCUT2D eigenvalue weighted by molar-refractivity contribution is 9.10. The monoisotopic (exact) mass is 258 g/mol. The van der Waals surface area contributed by atoms with E-state index in [1.165, 1.54) is 13.8 Å². The van der Waals surface area contributed by atoms with Gasteiger partial charge in [-0.25, -0.2) is 4.39 Å². The molecular weight excluding hydrogens is 247 g/mol. The lowest BCUT2D eigenvalue weighted by Crippen LogP contribution is -2.24. The van der Waals surface area contributed by atoms with Crippen LogP contribution in [0, 0.1) is 0 Å². The fourth-order valence-electron chi connectivity index (χ4n) is 1.31. The highest BCUT2D eigenvalue weighted by Crippen LogP contribution is 2.30. The fourth-order valence-corrected chi connectivity index (χ4v) is 1.57. The Morgan fingerprint density at radius 1 is 1.36 bits per heavy atom. The van der Waals surface area contributed by atoms with E-state index in [4.69, 9.17) is 0 Å². The Morgan fingerprint density at radius 2 is 1.86 bits per heavy atom. The Hall–Kier alpha value is -0.700. The maximum absolute atomic E-state index is 13.6. The number of aldehydes is 1. The Kier molecular flexibility index (Phi) is 3.43. The van der Waals surface area contributed by atoms with Crippen molar-refractivity contribution in [3.05, 3.63) is 34.3 Å². The van der Waals surface area contributed by atoms with Crippen molar-refractivity contribution < 1.29 is 9.18 Å². The number of benzene rings is 1. The van der Waals surface area contributed by atoms with Gasteiger partial charge in [-0.1, -0.05) is 28.1 Å². The summed E-state index contributed by atoms with van der Waals surface area (Å²) in [5.74, 6) is -0.699. The molecule has 1 aromatic carbocycles. The average molecular weight is 259 g/mol. The Labute approximate surface area is 91.5 Å². The molecule has 0 radical (unpaired) electrons. The predicted octanol–water partition coefficient (Wildman–Crippen LogP) is 3.48. The van der Waals surface area contributed by atoms with E-state index < -0.39 is 11.6 Å². The molecule has 0 aliphatic heterocycles. The maximum Gasteiger partial charge on any atom is 0.130 e. The van der Waals surface area contributed by atoms with Crippen LogP contribution in [-0.2, 0) is 4.79 Å². The molecule has 0 aromatic heterocycles. The standard InChI is InChI=1S/C11H12BrFO/c1-11(2,13)10(7-14)8-3-5-9(12)6-4-8/h3-7,10H,1-2H3. The first kappa shape index (κ1) is 11.4. The zero-order valence-electron chi connectivity index (χ0n) is 8.13. The van der Waals surface area contributed by atoms with E-state index in [1.54, 1.807) is 24.3 Å². The highest BCUT2D eigenvalue weighted by atomic mass is 79.9. The number of carbonyl (C=O) groups excluding carboxylic acids is 1. The summed E-state index contributed by atoms with van der Waals surface area (Å²) in [6.45, 7) is 2.82. The molecule has 0 amide bonds. The van der Waals surface area contributed by atoms with Crippen molar-refractivity contribution in [2.75, 3.05) is 0 Å². The fraction of sp³-hybridized carbons (Fsp3) is 0.364. The van der Waals surface area contributed by atoms with Crippen molar-refractivity contribution in [3.8, 4) is 0 Å². The summed E-state index contributed by atoms with van der Waals surface area (Å²) >= 11 is 3.28. The van der Waals surface area contributed by atoms with Crippen LogP contribution in [0.3, 0.4) is 0 Å². The van der Waals surface area contributed by atoms with E-state index in [9.17, 15) is 9.18 Å². The summed E-state index contributed by atoms with van der Waals surface area (Å²) in [7, 11) is 0. The second-order valence-corrected chi connectivity index (χ2v) is 4.65. The van der Waals surface area contributed by atoms with Crippen LogP contribution in [0.4, 0.5) is 4.39 Å². The average Bonchev–Trinajstić information content (AvgIpc) is 2.07. The zero-order chi connectivity index (χ0) is 10.8. The van der Waals surface area contributed by atoms with Crippen molar-refractivity contribution in [3.63, 3.8) is 0 Å². The minimum absolute atomic E-state index is 0.656. The smallest absolute Gasteiger partial charge is 0.130 e. The zero-order valence-corrected chi connectivity index (χ0v) is 9.71. The van der Waals surface area contributed by atoms with Crippen LogP contribution in [0.15, 0.2) is 28.7 Å². The van der Waals surface area contributed by atoms with Crippen LogP contribution in [-0.4, -0.2) is 12.0 Å². The normalized spacial score (nSPS) is 13.7. The summed E-state index contributed by atoms with van der Waals surface area (Å²) in [6.07, 6.45) is 0.656. The van der Waals surface area contributed by atoms with Gasteiger partial charge < -0.3 is 4.79 Å². The van der Waals surface area contributed by atoms with Gasteiger partial charge in [0.1, 0.15) is 12.0 Å². The molecule has 0 saturated heterocycles. The molecule has 0 bridgehead atoms. The molecule has 76 valence electrons. The quantitative estimate of drug-likeness (QED) is 0.759. The summed E-state index contributed by atoms with van der Waals surface area (Å²) in [5.41, 5.74) is -0.814. The lowest BCUT2D eigenvalue weighted by Gasteiger charge is -2.22. The van der Waals surface area contributed by atoms with Gasteiger partial charge in [0.15, 0.2) is 0 Å². The topological polar surface area (TPSA) is 17.1 Å². The van der Waals surface area contributed by atoms with E-state index in [-0.39, 0.29) is 0 Å². The van der Waals surface area contributed by atoms with Gasteiger partial charge in [0.05, 0.1) is 5.92 Å². The number of halogens is 2. The van der Waals surface area contributed by atoms with Gasteiger partial charge in [-0.2, -0.15) is 0 Å². The van der Waals surface area contributed by atoms with E-state index in [0.29, 0.717) is 11.8 Å². The predicted molar refractivity (Wildman–Crippen MR) is 58.1 cm³/mol. The van der Waals surface area contributed by atoms with Crippen LogP contribution in [0.25, 0.3) is 0 Å². The molecular formula is C11H12BrFO. The number of hydrogen-bond acceptors (Lipinski definition) is 1. The summed E-state index contributed by atoms with van der Waals surface area (Å²) < 4.78 is 14.5. The van der Waals surface area contributed by atoms with E-state index in [1.807, 2.05) is 0 Å². The first-order valence-corrected chi connectivity index (χ1v) is 5.14. The van der Waals surface area contributed by atoms with Gasteiger partial charge in [0.2, 0.25) is 0 Å². The third kappa shape index (κ3) is 2.64. The van der Waals surface area contributed by atoms with Crippen molar-refractivity contribution in [2.45, 2.75) is 25.4 Å². The number of alkyl halides is 1. The molecule has 0 aliphatic carbocycles. The van der Waals surface area contributed by atoms with Crippen molar-refractivity contribution in [1.82, 2.24) is 0 Å². The van der Waals surface area contributed by atoms with Crippen LogP contribution < -0.4 is 0 Å². The molecule has 3 heteroatoms. The Balaban J connectivity index is 3.02. The summed E-state index contributed by atoms with van der Waals surface area (Å²) in [4.78, 5) is 10.8. The van der Waals surface area contributed by atoms with Crippen LogP contribution in [0.2, 0.25) is 0 Å². The molecule has 0 spiro atoms. The number of hydrogen-bond donors (Lipinski definition) is 0. The lowest BCUT2D eigenvalue weighted by molar-refractivity contribution is -0.111. The molecule has 14 heavy (non-hydrogen) atoms. The number of rotatable bonds is 3. The van der Waals surface area contributed by atoms with Gasteiger partial charge in [-0.05, 0) is 31.5 Å². The molecule has 0 N–H and O–H groups in total. The van der Waals surface area contributed by atoms with Gasteiger partial charge in [-0.3, -0.25) is 0 Å². The third-order valence-electron chi connectivity index (χ3n) is 2.10. The third-order valence-corrected chi connectivity index (χ3v) is 2.63. The van der Waals surface area contributed by atoms with Crippen LogP contribution in [0.5, 0.6) is 0 Å². The molecule has 0 saturated carbocycles. The summed E-state index contributed by atoms with van der Waals surface area (Å²) in [5, 5.41) is 0. The van der Waals surface area contributed by atoms with Gasteiger partial charge >= 0.3 is 0 Å². The van der Waals surface area contributed by atoms with Crippen molar-refractivity contribution >= 4 is 22.2 Å². The second-order valence-electron chi connectivity index (χ2n) is 3.73. The molecule has 1 aromatic rings. The van der Waals surface area contributed by atoms with E-state index in [0.717, 1.165) is 4.47 Å². The second kappa shape index (κ2) is 4.22. The van der Waals surface area contributed by atoms with E-state index >= 15 is 0 Å². The minimum atomic E-state index is -1.52.